The predicted molar refractivity (Wildman–Crippen MR) is 83.9 cm³/mol. The fourth-order valence-electron chi connectivity index (χ4n) is 2.56. The maximum atomic E-state index is 12.5. The zero-order chi connectivity index (χ0) is 14.9. The molecular formula is C16H18N2O2S. The molecule has 2 aromatic rings. The molecule has 2 aromatic carbocycles. The molecule has 0 heterocycles. The third-order valence-electron chi connectivity index (χ3n) is 3.77. The van der Waals surface area contributed by atoms with Gasteiger partial charge in [-0.2, -0.15) is 0 Å². The van der Waals surface area contributed by atoms with Gasteiger partial charge in [0.15, 0.2) is 0 Å². The summed E-state index contributed by atoms with van der Waals surface area (Å²) < 4.78 is 27.8. The molecule has 0 bridgehead atoms. The Morgan fingerprint density at radius 1 is 1.00 bits per heavy atom. The van der Waals surface area contributed by atoms with Crippen LogP contribution in [0.1, 0.15) is 17.9 Å². The predicted octanol–water partition coefficient (Wildman–Crippen LogP) is 2.56. The van der Waals surface area contributed by atoms with Crippen molar-refractivity contribution in [2.45, 2.75) is 23.3 Å². The summed E-state index contributed by atoms with van der Waals surface area (Å²) in [5.74, 6) is 0.280. The summed E-state index contributed by atoms with van der Waals surface area (Å²) in [5.41, 5.74) is 1.80. The molecule has 0 aromatic heterocycles. The smallest absolute Gasteiger partial charge is 0.242 e. The molecule has 3 rings (SSSR count). The standard InChI is InChI=1S/C16H18N2O2S/c1-17-14-9-5-6-10-16(14)21(19,20)18-15-11-13(15)12-7-3-2-4-8-12/h2-10,13,15,17-18H,11H2,1H3. The largest absolute Gasteiger partial charge is 0.387 e. The third kappa shape index (κ3) is 2.94. The summed E-state index contributed by atoms with van der Waals surface area (Å²) in [4.78, 5) is 0.297. The normalized spacial score (nSPS) is 21.0. The number of hydrogen-bond acceptors (Lipinski definition) is 3. The third-order valence-corrected chi connectivity index (χ3v) is 5.32. The van der Waals surface area contributed by atoms with Gasteiger partial charge in [0.2, 0.25) is 10.0 Å². The Morgan fingerprint density at radius 3 is 2.38 bits per heavy atom. The van der Waals surface area contributed by atoms with Crippen LogP contribution < -0.4 is 10.0 Å². The molecule has 21 heavy (non-hydrogen) atoms. The van der Waals surface area contributed by atoms with Crippen molar-refractivity contribution in [1.29, 1.82) is 0 Å². The first-order valence-corrected chi connectivity index (χ1v) is 8.44. The molecule has 2 N–H and O–H groups in total. The first-order chi connectivity index (χ1) is 10.1. The number of anilines is 1. The first kappa shape index (κ1) is 14.1. The Bertz CT molecular complexity index is 729. The van der Waals surface area contributed by atoms with E-state index in [1.165, 1.54) is 5.56 Å². The van der Waals surface area contributed by atoms with Gasteiger partial charge in [-0.05, 0) is 24.1 Å². The molecule has 1 aliphatic carbocycles. The lowest BCUT2D eigenvalue weighted by atomic mass is 10.1. The Balaban J connectivity index is 1.77. The van der Waals surface area contributed by atoms with E-state index in [0.29, 0.717) is 10.6 Å². The van der Waals surface area contributed by atoms with E-state index in [0.717, 1.165) is 6.42 Å². The topological polar surface area (TPSA) is 58.2 Å². The molecule has 0 amide bonds. The van der Waals surface area contributed by atoms with E-state index in [2.05, 4.69) is 10.0 Å². The molecular weight excluding hydrogens is 284 g/mol. The van der Waals surface area contributed by atoms with Crippen LogP contribution in [0, 0.1) is 0 Å². The van der Waals surface area contributed by atoms with E-state index >= 15 is 0 Å². The van der Waals surface area contributed by atoms with Gasteiger partial charge in [-0.25, -0.2) is 13.1 Å². The van der Waals surface area contributed by atoms with Crippen LogP contribution in [-0.2, 0) is 10.0 Å². The van der Waals surface area contributed by atoms with Crippen LogP contribution in [-0.4, -0.2) is 21.5 Å². The van der Waals surface area contributed by atoms with Crippen molar-refractivity contribution in [2.24, 2.45) is 0 Å². The number of rotatable bonds is 5. The highest BCUT2D eigenvalue weighted by atomic mass is 32.2. The van der Waals surface area contributed by atoms with Crippen molar-refractivity contribution in [3.8, 4) is 0 Å². The quantitative estimate of drug-likeness (QED) is 0.892. The van der Waals surface area contributed by atoms with Crippen LogP contribution in [0.25, 0.3) is 0 Å². The second-order valence-electron chi connectivity index (χ2n) is 5.23. The zero-order valence-electron chi connectivity index (χ0n) is 11.8. The lowest BCUT2D eigenvalue weighted by Crippen LogP contribution is -2.27. The van der Waals surface area contributed by atoms with Gasteiger partial charge in [-0.15, -0.1) is 0 Å². The number of sulfonamides is 1. The molecule has 0 spiro atoms. The fourth-order valence-corrected chi connectivity index (χ4v) is 4.07. The number of hydrogen-bond donors (Lipinski definition) is 2. The summed E-state index contributed by atoms with van der Waals surface area (Å²) in [6, 6.07) is 16.9. The number of nitrogens with one attached hydrogen (secondary N) is 2. The summed E-state index contributed by atoms with van der Waals surface area (Å²) in [6.07, 6.45) is 0.852. The monoisotopic (exact) mass is 302 g/mol. The van der Waals surface area contributed by atoms with Gasteiger partial charge in [0.1, 0.15) is 4.90 Å². The fraction of sp³-hybridized carbons (Fsp3) is 0.250. The Hall–Kier alpha value is -1.85. The maximum Gasteiger partial charge on any atom is 0.242 e. The highest BCUT2D eigenvalue weighted by Gasteiger charge is 2.41. The van der Waals surface area contributed by atoms with Crippen LogP contribution in [0.2, 0.25) is 0 Å². The Morgan fingerprint density at radius 2 is 1.67 bits per heavy atom. The summed E-state index contributed by atoms with van der Waals surface area (Å²) >= 11 is 0. The lowest BCUT2D eigenvalue weighted by Gasteiger charge is -2.11. The van der Waals surface area contributed by atoms with Gasteiger partial charge in [-0.1, -0.05) is 42.5 Å². The highest BCUT2D eigenvalue weighted by molar-refractivity contribution is 7.89. The van der Waals surface area contributed by atoms with Crippen molar-refractivity contribution in [3.63, 3.8) is 0 Å². The van der Waals surface area contributed by atoms with E-state index in [-0.39, 0.29) is 12.0 Å². The van der Waals surface area contributed by atoms with Crippen molar-refractivity contribution in [3.05, 3.63) is 60.2 Å². The minimum atomic E-state index is -3.49. The molecule has 1 saturated carbocycles. The van der Waals surface area contributed by atoms with E-state index < -0.39 is 10.0 Å². The van der Waals surface area contributed by atoms with Gasteiger partial charge < -0.3 is 5.32 Å². The van der Waals surface area contributed by atoms with Crippen LogP contribution in [0.4, 0.5) is 5.69 Å². The first-order valence-electron chi connectivity index (χ1n) is 6.96. The molecule has 2 atom stereocenters. The van der Waals surface area contributed by atoms with Gasteiger partial charge in [0.05, 0.1) is 5.69 Å². The maximum absolute atomic E-state index is 12.5. The van der Waals surface area contributed by atoms with Crippen LogP contribution in [0.5, 0.6) is 0 Å². The Kier molecular flexibility index (Phi) is 3.69. The van der Waals surface area contributed by atoms with Gasteiger partial charge in [0, 0.05) is 19.0 Å². The average Bonchev–Trinajstić information content (AvgIpc) is 3.26. The van der Waals surface area contributed by atoms with Crippen molar-refractivity contribution in [2.75, 3.05) is 12.4 Å². The summed E-state index contributed by atoms with van der Waals surface area (Å²) in [6.45, 7) is 0. The second kappa shape index (κ2) is 5.50. The Labute approximate surface area is 125 Å². The molecule has 110 valence electrons. The minimum absolute atomic E-state index is 0.0117. The molecule has 0 saturated heterocycles. The lowest BCUT2D eigenvalue weighted by molar-refractivity contribution is 0.580. The van der Waals surface area contributed by atoms with Crippen LogP contribution >= 0.6 is 0 Å². The van der Waals surface area contributed by atoms with Crippen LogP contribution in [0.15, 0.2) is 59.5 Å². The highest BCUT2D eigenvalue weighted by Crippen LogP contribution is 2.41. The summed E-state index contributed by atoms with van der Waals surface area (Å²) in [5, 5.41) is 2.92. The average molecular weight is 302 g/mol. The van der Waals surface area contributed by atoms with Gasteiger partial charge in [0.25, 0.3) is 0 Å². The molecule has 1 fully saturated rings. The van der Waals surface area contributed by atoms with Crippen molar-refractivity contribution in [1.82, 2.24) is 4.72 Å². The second-order valence-corrected chi connectivity index (χ2v) is 6.91. The SMILES string of the molecule is CNc1ccccc1S(=O)(=O)NC1CC1c1ccccc1. The zero-order valence-corrected chi connectivity index (χ0v) is 12.6. The molecule has 4 nitrogen and oxygen atoms in total. The molecule has 2 unspecified atom stereocenters. The van der Waals surface area contributed by atoms with Crippen molar-refractivity contribution < 1.29 is 8.42 Å². The molecule has 0 radical (unpaired) electrons. The van der Waals surface area contributed by atoms with Crippen LogP contribution in [0.3, 0.4) is 0 Å². The molecule has 5 heteroatoms. The van der Waals surface area contributed by atoms with Gasteiger partial charge in [-0.3, -0.25) is 0 Å². The number of para-hydroxylation sites is 1. The molecule has 1 aliphatic rings. The van der Waals surface area contributed by atoms with E-state index in [1.807, 2.05) is 36.4 Å². The minimum Gasteiger partial charge on any atom is -0.387 e. The van der Waals surface area contributed by atoms with Gasteiger partial charge >= 0.3 is 0 Å². The van der Waals surface area contributed by atoms with E-state index in [1.54, 1.807) is 25.2 Å². The number of benzene rings is 2. The van der Waals surface area contributed by atoms with E-state index in [4.69, 9.17) is 0 Å². The van der Waals surface area contributed by atoms with Crippen molar-refractivity contribution >= 4 is 15.7 Å². The molecule has 0 aliphatic heterocycles. The van der Waals surface area contributed by atoms with E-state index in [9.17, 15) is 8.42 Å². The summed E-state index contributed by atoms with van der Waals surface area (Å²) in [7, 11) is -1.77.